The smallest absolute Gasteiger partial charge is 0.309 e. The van der Waals surface area contributed by atoms with Crippen molar-refractivity contribution in [1.29, 1.82) is 0 Å². The van der Waals surface area contributed by atoms with Crippen molar-refractivity contribution in [3.8, 4) is 11.1 Å². The van der Waals surface area contributed by atoms with Crippen molar-refractivity contribution in [3.05, 3.63) is 48.4 Å². The van der Waals surface area contributed by atoms with Crippen molar-refractivity contribution in [1.82, 2.24) is 4.90 Å². The van der Waals surface area contributed by atoms with Crippen LogP contribution in [0, 0.1) is 5.92 Å². The molecule has 0 saturated carbocycles. The van der Waals surface area contributed by atoms with Gasteiger partial charge in [-0.3, -0.25) is 9.59 Å². The van der Waals surface area contributed by atoms with Crippen LogP contribution in [0.5, 0.6) is 0 Å². The molecule has 0 aliphatic carbocycles. The van der Waals surface area contributed by atoms with E-state index in [1.54, 1.807) is 18.1 Å². The summed E-state index contributed by atoms with van der Waals surface area (Å²) < 4.78 is 10.5. The summed E-state index contributed by atoms with van der Waals surface area (Å²) in [5.41, 5.74) is 1.75. The van der Waals surface area contributed by atoms with Crippen molar-refractivity contribution in [2.45, 2.75) is 19.8 Å². The van der Waals surface area contributed by atoms with Crippen molar-refractivity contribution in [2.75, 3.05) is 19.7 Å². The zero-order valence-electron chi connectivity index (χ0n) is 13.7. The minimum absolute atomic E-state index is 0.112. The highest BCUT2D eigenvalue weighted by molar-refractivity contribution is 5.98. The summed E-state index contributed by atoms with van der Waals surface area (Å²) >= 11 is 0. The first-order valence-corrected chi connectivity index (χ1v) is 8.29. The van der Waals surface area contributed by atoms with Crippen LogP contribution in [0.25, 0.3) is 11.1 Å². The van der Waals surface area contributed by atoms with Gasteiger partial charge >= 0.3 is 5.97 Å². The number of esters is 1. The third-order valence-corrected chi connectivity index (χ3v) is 4.35. The van der Waals surface area contributed by atoms with E-state index in [1.807, 2.05) is 36.4 Å². The summed E-state index contributed by atoms with van der Waals surface area (Å²) in [4.78, 5) is 26.3. The lowest BCUT2D eigenvalue weighted by molar-refractivity contribution is -0.149. The SMILES string of the molecule is CCOC(=O)C1CCN(C(=O)c2occc2-c2ccccc2)CC1. The van der Waals surface area contributed by atoms with Gasteiger partial charge in [-0.25, -0.2) is 0 Å². The molecule has 24 heavy (non-hydrogen) atoms. The fourth-order valence-corrected chi connectivity index (χ4v) is 3.04. The molecule has 0 atom stereocenters. The van der Waals surface area contributed by atoms with Crippen LogP contribution in [-0.4, -0.2) is 36.5 Å². The van der Waals surface area contributed by atoms with Crippen LogP contribution in [0.3, 0.4) is 0 Å². The number of nitrogens with zero attached hydrogens (tertiary/aromatic N) is 1. The molecule has 2 heterocycles. The number of benzene rings is 1. The molecule has 1 aromatic heterocycles. The maximum atomic E-state index is 12.8. The van der Waals surface area contributed by atoms with Gasteiger partial charge in [0.25, 0.3) is 5.91 Å². The second-order valence-corrected chi connectivity index (χ2v) is 5.85. The van der Waals surface area contributed by atoms with E-state index in [1.165, 1.54) is 0 Å². The molecule has 5 nitrogen and oxygen atoms in total. The molecule has 5 heteroatoms. The Bertz CT molecular complexity index is 699. The molecule has 1 aromatic carbocycles. The van der Waals surface area contributed by atoms with Gasteiger partial charge in [-0.05, 0) is 31.4 Å². The van der Waals surface area contributed by atoms with Crippen molar-refractivity contribution in [3.63, 3.8) is 0 Å². The second kappa shape index (κ2) is 7.34. The molecule has 1 saturated heterocycles. The van der Waals surface area contributed by atoms with Crippen LogP contribution in [0.1, 0.15) is 30.3 Å². The van der Waals surface area contributed by atoms with E-state index in [4.69, 9.17) is 9.15 Å². The average molecular weight is 327 g/mol. The van der Waals surface area contributed by atoms with Gasteiger partial charge in [-0.1, -0.05) is 30.3 Å². The first kappa shape index (κ1) is 16.3. The Morgan fingerprint density at radius 1 is 1.17 bits per heavy atom. The highest BCUT2D eigenvalue weighted by Crippen LogP contribution is 2.27. The standard InChI is InChI=1S/C19H21NO4/c1-2-23-19(22)15-8-11-20(12-9-15)18(21)17-16(10-13-24-17)14-6-4-3-5-7-14/h3-7,10,13,15H,2,8-9,11-12H2,1H3. The Hall–Kier alpha value is -2.56. The highest BCUT2D eigenvalue weighted by Gasteiger charge is 2.30. The Labute approximate surface area is 141 Å². The fraction of sp³-hybridized carbons (Fsp3) is 0.368. The molecule has 0 N–H and O–H groups in total. The lowest BCUT2D eigenvalue weighted by Gasteiger charge is -2.30. The summed E-state index contributed by atoms with van der Waals surface area (Å²) in [7, 11) is 0. The largest absolute Gasteiger partial charge is 0.466 e. The van der Waals surface area contributed by atoms with Gasteiger partial charge in [-0.15, -0.1) is 0 Å². The quantitative estimate of drug-likeness (QED) is 0.808. The Balaban J connectivity index is 1.69. The summed E-state index contributed by atoms with van der Waals surface area (Å²) in [5.74, 6) is -0.0382. The van der Waals surface area contributed by atoms with Gasteiger partial charge in [0.2, 0.25) is 0 Å². The monoisotopic (exact) mass is 327 g/mol. The van der Waals surface area contributed by atoms with Gasteiger partial charge in [0, 0.05) is 18.7 Å². The summed E-state index contributed by atoms with van der Waals surface area (Å²) in [6.07, 6.45) is 2.80. The van der Waals surface area contributed by atoms with E-state index >= 15 is 0 Å². The van der Waals surface area contributed by atoms with E-state index in [0.717, 1.165) is 11.1 Å². The lowest BCUT2D eigenvalue weighted by Crippen LogP contribution is -2.40. The molecule has 1 amide bonds. The molecule has 0 spiro atoms. The van der Waals surface area contributed by atoms with Gasteiger partial charge in [0.1, 0.15) is 0 Å². The minimum Gasteiger partial charge on any atom is -0.466 e. The van der Waals surface area contributed by atoms with E-state index in [-0.39, 0.29) is 17.8 Å². The number of furan rings is 1. The van der Waals surface area contributed by atoms with E-state index in [9.17, 15) is 9.59 Å². The first-order chi connectivity index (χ1) is 11.7. The number of piperidine rings is 1. The highest BCUT2D eigenvalue weighted by atomic mass is 16.5. The van der Waals surface area contributed by atoms with Crippen LogP contribution in [0.15, 0.2) is 47.1 Å². The van der Waals surface area contributed by atoms with Crippen molar-refractivity contribution >= 4 is 11.9 Å². The van der Waals surface area contributed by atoms with Crippen LogP contribution in [0.2, 0.25) is 0 Å². The molecule has 3 rings (SSSR count). The summed E-state index contributed by atoms with van der Waals surface area (Å²) in [6.45, 7) is 3.28. The van der Waals surface area contributed by atoms with Crippen LogP contribution in [-0.2, 0) is 9.53 Å². The molecular weight excluding hydrogens is 306 g/mol. The number of rotatable bonds is 4. The first-order valence-electron chi connectivity index (χ1n) is 8.29. The van der Waals surface area contributed by atoms with Gasteiger partial charge in [0.15, 0.2) is 5.76 Å². The number of hydrogen-bond donors (Lipinski definition) is 0. The molecule has 2 aromatic rings. The van der Waals surface area contributed by atoms with Gasteiger partial charge in [0.05, 0.1) is 18.8 Å². The molecule has 1 aliphatic heterocycles. The van der Waals surface area contributed by atoms with Crippen LogP contribution in [0.4, 0.5) is 0 Å². The molecule has 1 fully saturated rings. The Kier molecular flexibility index (Phi) is 4.99. The van der Waals surface area contributed by atoms with E-state index in [0.29, 0.717) is 38.3 Å². The number of ether oxygens (including phenoxy) is 1. The molecule has 0 radical (unpaired) electrons. The predicted molar refractivity (Wildman–Crippen MR) is 89.4 cm³/mol. The number of carbonyl (C=O) groups is 2. The Morgan fingerprint density at radius 3 is 2.54 bits per heavy atom. The van der Waals surface area contributed by atoms with Crippen molar-refractivity contribution in [2.24, 2.45) is 5.92 Å². The molecule has 0 unspecified atom stereocenters. The number of hydrogen-bond acceptors (Lipinski definition) is 4. The third-order valence-electron chi connectivity index (χ3n) is 4.35. The van der Waals surface area contributed by atoms with Gasteiger partial charge in [-0.2, -0.15) is 0 Å². The topological polar surface area (TPSA) is 59.8 Å². The maximum Gasteiger partial charge on any atom is 0.309 e. The zero-order chi connectivity index (χ0) is 16.9. The van der Waals surface area contributed by atoms with Gasteiger partial charge < -0.3 is 14.1 Å². The number of carbonyl (C=O) groups excluding carboxylic acids is 2. The zero-order valence-corrected chi connectivity index (χ0v) is 13.7. The summed E-state index contributed by atoms with van der Waals surface area (Å²) in [5, 5.41) is 0. The van der Waals surface area contributed by atoms with E-state index in [2.05, 4.69) is 0 Å². The van der Waals surface area contributed by atoms with Crippen LogP contribution < -0.4 is 0 Å². The molecule has 0 bridgehead atoms. The second-order valence-electron chi connectivity index (χ2n) is 5.85. The Morgan fingerprint density at radius 2 is 1.88 bits per heavy atom. The number of likely N-dealkylation sites (tertiary alicyclic amines) is 1. The molecular formula is C19H21NO4. The normalized spacial score (nSPS) is 15.3. The lowest BCUT2D eigenvalue weighted by atomic mass is 9.96. The molecule has 126 valence electrons. The fourth-order valence-electron chi connectivity index (χ4n) is 3.04. The minimum atomic E-state index is -0.160. The third kappa shape index (κ3) is 3.35. The van der Waals surface area contributed by atoms with E-state index < -0.39 is 0 Å². The summed E-state index contributed by atoms with van der Waals surface area (Å²) in [6, 6.07) is 11.5. The average Bonchev–Trinajstić information content (AvgIpc) is 3.12. The molecule has 1 aliphatic rings. The van der Waals surface area contributed by atoms with Crippen LogP contribution >= 0.6 is 0 Å². The maximum absolute atomic E-state index is 12.8. The van der Waals surface area contributed by atoms with Crippen molar-refractivity contribution < 1.29 is 18.7 Å². The predicted octanol–water partition coefficient (Wildman–Crippen LogP) is 3.36. The number of amides is 1.